The van der Waals surface area contributed by atoms with E-state index < -0.39 is 72.5 Å². The summed E-state index contributed by atoms with van der Waals surface area (Å²) < 4.78 is 27.5. The van der Waals surface area contributed by atoms with Crippen LogP contribution in [-0.2, 0) is 39.9 Å². The van der Waals surface area contributed by atoms with Crippen LogP contribution in [0.4, 0.5) is 4.79 Å². The van der Waals surface area contributed by atoms with Crippen molar-refractivity contribution in [2.45, 2.75) is 156 Å². The van der Waals surface area contributed by atoms with Gasteiger partial charge in [-0.1, -0.05) is 34.6 Å². The first-order chi connectivity index (χ1) is 28.4. The maximum atomic E-state index is 14.7. The number of pyridine rings is 1. The van der Waals surface area contributed by atoms with Gasteiger partial charge in [-0.25, -0.2) is 9.78 Å². The summed E-state index contributed by atoms with van der Waals surface area (Å²) in [5, 5.41) is 12.0. The van der Waals surface area contributed by atoms with Gasteiger partial charge in [0.05, 0.1) is 42.4 Å². The van der Waals surface area contributed by atoms with Crippen molar-refractivity contribution in [2.75, 3.05) is 27.7 Å². The molecule has 15 nitrogen and oxygen atoms in total. The van der Waals surface area contributed by atoms with Crippen LogP contribution in [0.3, 0.4) is 0 Å². The number of nitrogens with two attached hydrogens (primary N) is 1. The highest BCUT2D eigenvalue weighted by Crippen LogP contribution is 2.38. The summed E-state index contributed by atoms with van der Waals surface area (Å²) in [6.45, 7) is 18.1. The van der Waals surface area contributed by atoms with Gasteiger partial charge in [-0.2, -0.15) is 5.90 Å². The molecule has 2 aliphatic heterocycles. The zero-order valence-corrected chi connectivity index (χ0v) is 38.2. The van der Waals surface area contributed by atoms with E-state index in [4.69, 9.17) is 29.7 Å². The van der Waals surface area contributed by atoms with Crippen LogP contribution in [0, 0.1) is 42.4 Å². The molecule has 3 N–H and O–H groups in total. The summed E-state index contributed by atoms with van der Waals surface area (Å²) in [5.74, 6) is 1.84. The molecule has 0 spiro atoms. The first kappa shape index (κ1) is 49.2. The highest BCUT2D eigenvalue weighted by Gasteiger charge is 2.46. The molecule has 1 amide bonds. The molecule has 2 aromatic rings. The molecular formula is C45H74N6O9. The maximum Gasteiger partial charge on any atom is 0.428 e. The number of amides is 1. The zero-order chi connectivity index (χ0) is 44.4. The number of ketones is 1. The third-order valence-electron chi connectivity index (χ3n) is 13.3. The average Bonchev–Trinajstić information content (AvgIpc) is 3.71. The number of aliphatic hydroxyl groups is 1. The van der Waals surface area contributed by atoms with Gasteiger partial charge in [-0.3, -0.25) is 14.6 Å². The van der Waals surface area contributed by atoms with Crippen LogP contribution in [-0.4, -0.2) is 124 Å². The van der Waals surface area contributed by atoms with Crippen molar-refractivity contribution in [1.82, 2.24) is 24.3 Å². The Morgan fingerprint density at radius 3 is 2.35 bits per heavy atom. The molecule has 60 heavy (non-hydrogen) atoms. The first-order valence-electron chi connectivity index (χ1n) is 22.0. The minimum absolute atomic E-state index is 0.0124. The fourth-order valence-corrected chi connectivity index (χ4v) is 9.20. The number of carbonyl (C=O) groups excluding carboxylic acids is 3. The number of aryl methyl sites for hydroxylation is 2. The van der Waals surface area contributed by atoms with Crippen LogP contribution in [0.15, 0.2) is 30.9 Å². The topological polar surface area (TPSA) is 181 Å². The monoisotopic (exact) mass is 843 g/mol. The summed E-state index contributed by atoms with van der Waals surface area (Å²) in [6, 6.07) is 3.42. The molecule has 4 heterocycles. The molecule has 338 valence electrons. The molecule has 2 fully saturated rings. The third kappa shape index (κ3) is 12.3. The molecule has 0 aromatic carbocycles. The second-order valence-electron chi connectivity index (χ2n) is 17.9. The van der Waals surface area contributed by atoms with Gasteiger partial charge in [0, 0.05) is 91.9 Å². The highest BCUT2D eigenvalue weighted by molar-refractivity contribution is 5.84. The number of cyclic esters (lactones) is 1. The Labute approximate surface area is 357 Å². The number of aliphatic hydroxyl groups excluding tert-OH is 1. The standard InChI is InChI=1S/C45H74N6O9/c1-13-35-22-39(51(45(55)60-46)19-15-14-18-50-24-37(48-25-50)34-17-16-27(3)47-23-34)29(5)40(52)26(2)20-36(33(9)56-12)42(31(7)41(53)32(8)43(54)58-35)59-44-30(6)38(49(10)11)21-28(4)57-44/h16-17,23-26,28-33,35-36,38-39,41-42,44,53H,13-15,18-22,46H2,1-12H3/t26-,28?,29-,30-,31?,32?,33-,35?,36?,38?,39+,41?,42-,44?/m1/s1. The Bertz CT molecular complexity index is 1660. The van der Waals surface area contributed by atoms with Gasteiger partial charge in [-0.15, -0.1) is 0 Å². The Kier molecular flexibility index (Phi) is 18.5. The summed E-state index contributed by atoms with van der Waals surface area (Å²) in [7, 11) is 5.72. The summed E-state index contributed by atoms with van der Waals surface area (Å²) in [4.78, 5) is 59.7. The third-order valence-corrected chi connectivity index (χ3v) is 13.3. The van der Waals surface area contributed by atoms with E-state index in [0.717, 1.165) is 23.4 Å². The number of esters is 1. The summed E-state index contributed by atoms with van der Waals surface area (Å²) in [5.41, 5.74) is 2.67. The van der Waals surface area contributed by atoms with Crippen molar-refractivity contribution in [1.29, 1.82) is 0 Å². The largest absolute Gasteiger partial charge is 0.462 e. The number of Topliss-reactive ketones (excluding diaryl/α,β-unsaturated/α-hetero) is 1. The Morgan fingerprint density at radius 2 is 1.73 bits per heavy atom. The molecule has 8 unspecified atom stereocenters. The van der Waals surface area contributed by atoms with Crippen LogP contribution in [0.5, 0.6) is 0 Å². The maximum absolute atomic E-state index is 14.7. The number of ether oxygens (including phenoxy) is 4. The number of hydrogen-bond donors (Lipinski definition) is 2. The van der Waals surface area contributed by atoms with Crippen molar-refractivity contribution < 1.29 is 43.3 Å². The van der Waals surface area contributed by atoms with Gasteiger partial charge < -0.3 is 43.3 Å². The minimum Gasteiger partial charge on any atom is -0.462 e. The van der Waals surface area contributed by atoms with E-state index in [-0.39, 0.29) is 42.7 Å². The second-order valence-corrected chi connectivity index (χ2v) is 17.9. The van der Waals surface area contributed by atoms with Crippen molar-refractivity contribution in [2.24, 2.45) is 41.4 Å². The van der Waals surface area contributed by atoms with Crippen LogP contribution in [0.1, 0.15) is 99.6 Å². The number of nitrogens with zero attached hydrogens (tertiary/aromatic N) is 5. The predicted molar refractivity (Wildman–Crippen MR) is 228 cm³/mol. The molecule has 2 saturated heterocycles. The smallest absolute Gasteiger partial charge is 0.428 e. The fraction of sp³-hybridized carbons (Fsp3) is 0.756. The Balaban J connectivity index is 1.64. The predicted octanol–water partition coefficient (Wildman–Crippen LogP) is 6.04. The molecule has 0 radical (unpaired) electrons. The Hall–Kier alpha value is -3.47. The van der Waals surface area contributed by atoms with Gasteiger partial charge in [0.1, 0.15) is 11.9 Å². The summed E-state index contributed by atoms with van der Waals surface area (Å²) >= 11 is 0. The quantitative estimate of drug-likeness (QED) is 0.136. The zero-order valence-electron chi connectivity index (χ0n) is 38.2. The Morgan fingerprint density at radius 1 is 1.02 bits per heavy atom. The lowest BCUT2D eigenvalue weighted by Gasteiger charge is -2.46. The highest BCUT2D eigenvalue weighted by atomic mass is 16.7. The van der Waals surface area contributed by atoms with E-state index in [0.29, 0.717) is 32.2 Å². The van der Waals surface area contributed by atoms with E-state index in [9.17, 15) is 19.5 Å². The molecule has 15 heteroatoms. The van der Waals surface area contributed by atoms with Crippen LogP contribution in [0.2, 0.25) is 0 Å². The lowest BCUT2D eigenvalue weighted by Crippen LogP contribution is -2.54. The average molecular weight is 843 g/mol. The number of rotatable bonds is 13. The molecule has 14 atom stereocenters. The molecular weight excluding hydrogens is 769 g/mol. The van der Waals surface area contributed by atoms with Gasteiger partial charge in [0.25, 0.3) is 0 Å². The van der Waals surface area contributed by atoms with Crippen molar-refractivity contribution in [3.63, 3.8) is 0 Å². The van der Waals surface area contributed by atoms with Crippen LogP contribution in [0.25, 0.3) is 11.3 Å². The van der Waals surface area contributed by atoms with E-state index in [1.165, 1.54) is 4.90 Å². The number of imidazole rings is 1. The number of unbranched alkanes of at least 4 members (excludes halogenated alkanes) is 1. The minimum atomic E-state index is -1.15. The molecule has 2 aromatic heterocycles. The molecule has 4 rings (SSSR count). The SMILES string of the molecule is CCC1C[C@H](N(CCCCn2cnc(-c3ccc(C)nc3)c2)C(=O)ON)[C@@H](C)C(=O)[C@H](C)CC([C@@H](C)OC)[C@H](OC2OC(C)CC(N(C)C)[C@H]2C)C(C)C(O)C(C)C(=O)O1. The fourth-order valence-electron chi connectivity index (χ4n) is 9.20. The first-order valence-corrected chi connectivity index (χ1v) is 22.0. The van der Waals surface area contributed by atoms with Crippen LogP contribution < -0.4 is 5.90 Å². The van der Waals surface area contributed by atoms with Gasteiger partial charge in [0.15, 0.2) is 6.29 Å². The second kappa shape index (κ2) is 22.6. The number of aromatic nitrogens is 3. The lowest BCUT2D eigenvalue weighted by atomic mass is 9.75. The lowest BCUT2D eigenvalue weighted by molar-refractivity contribution is -0.270. The van der Waals surface area contributed by atoms with E-state index >= 15 is 0 Å². The van der Waals surface area contributed by atoms with Crippen molar-refractivity contribution in [3.05, 3.63) is 36.5 Å². The number of methoxy groups -OCH3 is 1. The van der Waals surface area contributed by atoms with E-state index in [1.54, 1.807) is 26.6 Å². The summed E-state index contributed by atoms with van der Waals surface area (Å²) in [6.07, 6.45) is 4.28. The molecule has 0 bridgehead atoms. The molecule has 0 aliphatic carbocycles. The normalized spacial score (nSPS) is 32.9. The van der Waals surface area contributed by atoms with Crippen molar-refractivity contribution >= 4 is 17.8 Å². The van der Waals surface area contributed by atoms with Gasteiger partial charge in [0.2, 0.25) is 0 Å². The van der Waals surface area contributed by atoms with E-state index in [2.05, 4.69) is 35.9 Å². The van der Waals surface area contributed by atoms with Gasteiger partial charge in [-0.05, 0) is 86.0 Å². The molecule has 0 saturated carbocycles. The van der Waals surface area contributed by atoms with E-state index in [1.807, 2.05) is 71.4 Å². The number of hydrogen-bond acceptors (Lipinski definition) is 13. The number of carbonyl (C=O) groups is 3. The van der Waals surface area contributed by atoms with Crippen LogP contribution >= 0.6 is 0 Å². The molecule has 2 aliphatic rings. The van der Waals surface area contributed by atoms with Crippen molar-refractivity contribution in [3.8, 4) is 11.3 Å². The van der Waals surface area contributed by atoms with Gasteiger partial charge >= 0.3 is 12.1 Å².